The lowest BCUT2D eigenvalue weighted by atomic mass is 10.00. The first kappa shape index (κ1) is 16.9. The number of nitrogens with zero attached hydrogens (tertiary/aromatic N) is 1. The third-order valence-electron chi connectivity index (χ3n) is 3.83. The first-order valence-corrected chi connectivity index (χ1v) is 7.29. The van der Waals surface area contributed by atoms with Crippen molar-refractivity contribution in [1.82, 2.24) is 10.2 Å². The summed E-state index contributed by atoms with van der Waals surface area (Å²) < 4.78 is 0. The van der Waals surface area contributed by atoms with E-state index in [1.165, 1.54) is 13.0 Å². The van der Waals surface area contributed by atoms with E-state index < -0.39 is 0 Å². The number of nitrogens with one attached hydrogen (secondary N) is 1. The second kappa shape index (κ2) is 8.93. The van der Waals surface area contributed by atoms with Crippen molar-refractivity contribution in [2.24, 2.45) is 17.8 Å². The van der Waals surface area contributed by atoms with E-state index in [4.69, 9.17) is 0 Å². The van der Waals surface area contributed by atoms with Crippen LogP contribution in [-0.2, 0) is 0 Å². The SMILES string of the molecule is CCC(C)CN(C)C(C)C(C)CNCC(C)C. The van der Waals surface area contributed by atoms with Gasteiger partial charge in [0.1, 0.15) is 0 Å². The highest BCUT2D eigenvalue weighted by molar-refractivity contribution is 4.73. The molecule has 0 saturated carbocycles. The van der Waals surface area contributed by atoms with Gasteiger partial charge in [-0.2, -0.15) is 0 Å². The average Bonchev–Trinajstić information content (AvgIpc) is 2.26. The molecule has 0 saturated heterocycles. The Morgan fingerprint density at radius 1 is 1.00 bits per heavy atom. The summed E-state index contributed by atoms with van der Waals surface area (Å²) in [6, 6.07) is 0.656. The fourth-order valence-electron chi connectivity index (χ4n) is 1.99. The summed E-state index contributed by atoms with van der Waals surface area (Å²) >= 11 is 0. The Morgan fingerprint density at radius 3 is 2.06 bits per heavy atom. The van der Waals surface area contributed by atoms with Gasteiger partial charge in [-0.25, -0.2) is 0 Å². The highest BCUT2D eigenvalue weighted by atomic mass is 15.1. The molecule has 0 aromatic rings. The van der Waals surface area contributed by atoms with Crippen LogP contribution in [0.3, 0.4) is 0 Å². The molecule has 17 heavy (non-hydrogen) atoms. The van der Waals surface area contributed by atoms with Crippen molar-refractivity contribution in [3.63, 3.8) is 0 Å². The smallest absolute Gasteiger partial charge is 0.0102 e. The van der Waals surface area contributed by atoms with Crippen LogP contribution in [0.25, 0.3) is 0 Å². The third-order valence-corrected chi connectivity index (χ3v) is 3.83. The van der Waals surface area contributed by atoms with Gasteiger partial charge in [0.05, 0.1) is 0 Å². The van der Waals surface area contributed by atoms with Crippen molar-refractivity contribution < 1.29 is 0 Å². The van der Waals surface area contributed by atoms with Gasteiger partial charge in [0.25, 0.3) is 0 Å². The lowest BCUT2D eigenvalue weighted by molar-refractivity contribution is 0.172. The van der Waals surface area contributed by atoms with E-state index >= 15 is 0 Å². The lowest BCUT2D eigenvalue weighted by Crippen LogP contribution is -2.41. The Balaban J connectivity index is 3.89. The summed E-state index contributed by atoms with van der Waals surface area (Å²) in [6.45, 7) is 17.3. The quantitative estimate of drug-likeness (QED) is 0.668. The first-order chi connectivity index (χ1) is 7.88. The zero-order chi connectivity index (χ0) is 13.4. The number of hydrogen-bond acceptors (Lipinski definition) is 2. The summed E-state index contributed by atoms with van der Waals surface area (Å²) in [5.41, 5.74) is 0. The zero-order valence-electron chi connectivity index (χ0n) is 13.1. The van der Waals surface area contributed by atoms with E-state index in [2.05, 4.69) is 58.8 Å². The monoisotopic (exact) mass is 242 g/mol. The van der Waals surface area contributed by atoms with E-state index in [0.29, 0.717) is 12.0 Å². The fourth-order valence-corrected chi connectivity index (χ4v) is 1.99. The Hall–Kier alpha value is -0.0800. The molecule has 3 unspecified atom stereocenters. The zero-order valence-corrected chi connectivity index (χ0v) is 13.1. The van der Waals surface area contributed by atoms with Crippen LogP contribution in [0.5, 0.6) is 0 Å². The predicted molar refractivity (Wildman–Crippen MR) is 78.4 cm³/mol. The van der Waals surface area contributed by atoms with E-state index in [0.717, 1.165) is 24.9 Å². The standard InChI is InChI=1S/C15H34N2/c1-8-13(4)11-17(7)15(6)14(5)10-16-9-12(2)3/h12-16H,8-11H2,1-7H3. The molecule has 0 heterocycles. The van der Waals surface area contributed by atoms with Gasteiger partial charge in [0.15, 0.2) is 0 Å². The first-order valence-electron chi connectivity index (χ1n) is 7.29. The second-order valence-corrected chi connectivity index (χ2v) is 6.22. The van der Waals surface area contributed by atoms with E-state index in [-0.39, 0.29) is 0 Å². The summed E-state index contributed by atoms with van der Waals surface area (Å²) in [5.74, 6) is 2.26. The summed E-state index contributed by atoms with van der Waals surface area (Å²) in [6.07, 6.45) is 1.27. The molecule has 0 amide bonds. The minimum absolute atomic E-state index is 0.656. The molecule has 3 atom stereocenters. The van der Waals surface area contributed by atoms with Crippen molar-refractivity contribution >= 4 is 0 Å². The summed E-state index contributed by atoms with van der Waals surface area (Å²) in [7, 11) is 2.26. The van der Waals surface area contributed by atoms with Gasteiger partial charge in [-0.05, 0) is 44.8 Å². The highest BCUT2D eigenvalue weighted by Gasteiger charge is 2.17. The maximum atomic E-state index is 3.56. The molecule has 0 aliphatic rings. The lowest BCUT2D eigenvalue weighted by Gasteiger charge is -2.32. The molecule has 0 aromatic carbocycles. The molecule has 0 bridgehead atoms. The van der Waals surface area contributed by atoms with Crippen molar-refractivity contribution in [3.05, 3.63) is 0 Å². The molecule has 1 N–H and O–H groups in total. The van der Waals surface area contributed by atoms with Gasteiger partial charge in [0, 0.05) is 12.6 Å². The second-order valence-electron chi connectivity index (χ2n) is 6.22. The predicted octanol–water partition coefficient (Wildman–Crippen LogP) is 3.23. The van der Waals surface area contributed by atoms with Crippen LogP contribution in [0.15, 0.2) is 0 Å². The fraction of sp³-hybridized carbons (Fsp3) is 1.00. The maximum Gasteiger partial charge on any atom is 0.0102 e. The molecule has 2 nitrogen and oxygen atoms in total. The van der Waals surface area contributed by atoms with Crippen LogP contribution < -0.4 is 5.32 Å². The molecular formula is C15H34N2. The van der Waals surface area contributed by atoms with Crippen molar-refractivity contribution in [2.45, 2.75) is 54.0 Å². The van der Waals surface area contributed by atoms with Gasteiger partial charge < -0.3 is 10.2 Å². The Kier molecular flexibility index (Phi) is 8.89. The molecular weight excluding hydrogens is 208 g/mol. The Bertz CT molecular complexity index is 180. The molecule has 0 fully saturated rings. The van der Waals surface area contributed by atoms with Crippen LogP contribution >= 0.6 is 0 Å². The molecule has 2 heteroatoms. The minimum atomic E-state index is 0.656. The van der Waals surface area contributed by atoms with Crippen LogP contribution in [0.2, 0.25) is 0 Å². The summed E-state index contributed by atoms with van der Waals surface area (Å²) in [4.78, 5) is 2.51. The van der Waals surface area contributed by atoms with Crippen molar-refractivity contribution in [1.29, 1.82) is 0 Å². The molecule has 0 aliphatic heterocycles. The molecule has 0 spiro atoms. The molecule has 0 rings (SSSR count). The number of rotatable bonds is 9. The van der Waals surface area contributed by atoms with Crippen LogP contribution in [0.1, 0.15) is 48.0 Å². The largest absolute Gasteiger partial charge is 0.316 e. The van der Waals surface area contributed by atoms with E-state index in [1.54, 1.807) is 0 Å². The minimum Gasteiger partial charge on any atom is -0.316 e. The van der Waals surface area contributed by atoms with Crippen LogP contribution in [0.4, 0.5) is 0 Å². The van der Waals surface area contributed by atoms with Gasteiger partial charge in [-0.15, -0.1) is 0 Å². The normalized spacial score (nSPS) is 17.5. The summed E-state index contributed by atoms with van der Waals surface area (Å²) in [5, 5.41) is 3.56. The van der Waals surface area contributed by atoms with Crippen molar-refractivity contribution in [3.8, 4) is 0 Å². The highest BCUT2D eigenvalue weighted by Crippen LogP contribution is 2.12. The van der Waals surface area contributed by atoms with Gasteiger partial charge in [-0.1, -0.05) is 41.0 Å². The average molecular weight is 242 g/mol. The van der Waals surface area contributed by atoms with E-state index in [9.17, 15) is 0 Å². The Morgan fingerprint density at radius 2 is 1.59 bits per heavy atom. The van der Waals surface area contributed by atoms with E-state index in [1.807, 2.05) is 0 Å². The van der Waals surface area contributed by atoms with Gasteiger partial charge in [0.2, 0.25) is 0 Å². The Labute approximate surface area is 109 Å². The van der Waals surface area contributed by atoms with Crippen LogP contribution in [-0.4, -0.2) is 37.6 Å². The molecule has 104 valence electrons. The molecule has 0 radical (unpaired) electrons. The molecule has 0 aliphatic carbocycles. The van der Waals surface area contributed by atoms with Crippen molar-refractivity contribution in [2.75, 3.05) is 26.7 Å². The number of hydrogen-bond donors (Lipinski definition) is 1. The third kappa shape index (κ3) is 7.77. The maximum absolute atomic E-state index is 3.56. The topological polar surface area (TPSA) is 15.3 Å². The van der Waals surface area contributed by atoms with Gasteiger partial charge in [-0.3, -0.25) is 0 Å². The van der Waals surface area contributed by atoms with Gasteiger partial charge >= 0.3 is 0 Å². The van der Waals surface area contributed by atoms with Crippen LogP contribution in [0, 0.1) is 17.8 Å². The molecule has 0 aromatic heterocycles.